The molecule has 0 aliphatic heterocycles. The van der Waals surface area contributed by atoms with Crippen LogP contribution < -0.4 is 5.32 Å². The number of rotatable bonds is 11. The fraction of sp³-hybridized carbons (Fsp3) is 0.889. The zero-order valence-electron chi connectivity index (χ0n) is 10.6. The van der Waals surface area contributed by atoms with Crippen molar-refractivity contribution in [3.8, 4) is 0 Å². The van der Waals surface area contributed by atoms with Crippen LogP contribution in [0.5, 0.6) is 0 Å². The summed E-state index contributed by atoms with van der Waals surface area (Å²) in [5.74, 6) is -1.01. The Morgan fingerprint density at radius 2 is 2.11 bits per heavy atom. The Kier molecular flexibility index (Phi) is 9.65. The van der Waals surface area contributed by atoms with Gasteiger partial charge < -0.3 is 15.2 Å². The molecule has 9 nitrogen and oxygen atoms in total. The van der Waals surface area contributed by atoms with Crippen molar-refractivity contribution in [2.75, 3.05) is 39.2 Å². The predicted molar refractivity (Wildman–Crippen MR) is 63.8 cm³/mol. The molecule has 1 atom stereocenters. The molecule has 0 radical (unpaired) electrons. The van der Waals surface area contributed by atoms with Gasteiger partial charge in [0, 0.05) is 13.2 Å². The molecule has 0 bridgehead atoms. The van der Waals surface area contributed by atoms with Crippen LogP contribution in [0.15, 0.2) is 0 Å². The van der Waals surface area contributed by atoms with E-state index in [1.165, 1.54) is 7.11 Å². The molecule has 0 rings (SSSR count). The van der Waals surface area contributed by atoms with Gasteiger partial charge in [0.15, 0.2) is 0 Å². The van der Waals surface area contributed by atoms with Crippen LogP contribution in [-0.2, 0) is 29.4 Å². The van der Waals surface area contributed by atoms with Crippen LogP contribution >= 0.6 is 0 Å². The third kappa shape index (κ3) is 13.5. The molecule has 0 aliphatic carbocycles. The minimum absolute atomic E-state index is 0.0161. The number of hydrogen-bond donors (Lipinski definition) is 3. The molecule has 114 valence electrons. The maximum atomic E-state index is 10.8. The summed E-state index contributed by atoms with van der Waals surface area (Å²) < 4.78 is 34.2. The van der Waals surface area contributed by atoms with Crippen LogP contribution in [0.2, 0.25) is 0 Å². The van der Waals surface area contributed by atoms with E-state index in [-0.39, 0.29) is 38.5 Å². The maximum Gasteiger partial charge on any atom is 0.355 e. The SMILES string of the molecule is COOC(=O)CNCC(O)COCCCS(=O)(=O)O. The van der Waals surface area contributed by atoms with Crippen molar-refractivity contribution in [3.05, 3.63) is 0 Å². The lowest BCUT2D eigenvalue weighted by atomic mass is 10.4. The largest absolute Gasteiger partial charge is 0.389 e. The molecule has 0 heterocycles. The Morgan fingerprint density at radius 1 is 1.42 bits per heavy atom. The fourth-order valence-corrected chi connectivity index (χ4v) is 1.57. The van der Waals surface area contributed by atoms with Crippen LogP contribution in [0.4, 0.5) is 0 Å². The molecule has 0 spiro atoms. The smallest absolute Gasteiger partial charge is 0.355 e. The molecule has 10 heteroatoms. The van der Waals surface area contributed by atoms with Crippen molar-refractivity contribution < 1.29 is 37.4 Å². The average Bonchev–Trinajstić information content (AvgIpc) is 2.27. The van der Waals surface area contributed by atoms with E-state index in [0.29, 0.717) is 0 Å². The Labute approximate surface area is 111 Å². The van der Waals surface area contributed by atoms with Crippen LogP contribution in [0.1, 0.15) is 6.42 Å². The van der Waals surface area contributed by atoms with Gasteiger partial charge in [-0.1, -0.05) is 0 Å². The molecular formula is C9H19NO8S. The first-order valence-electron chi connectivity index (χ1n) is 5.50. The van der Waals surface area contributed by atoms with Gasteiger partial charge in [0.2, 0.25) is 0 Å². The molecule has 0 aromatic carbocycles. The van der Waals surface area contributed by atoms with Gasteiger partial charge in [-0.05, 0) is 6.42 Å². The average molecular weight is 301 g/mol. The van der Waals surface area contributed by atoms with Crippen molar-refractivity contribution in [1.82, 2.24) is 5.32 Å². The van der Waals surface area contributed by atoms with Gasteiger partial charge in [0.25, 0.3) is 10.1 Å². The first-order valence-corrected chi connectivity index (χ1v) is 7.11. The standard InChI is InChI=1S/C9H19NO8S/c1-16-18-9(12)6-10-5-8(11)7-17-3-2-4-19(13,14)15/h8,10-11H,2-7H2,1H3,(H,13,14,15). The highest BCUT2D eigenvalue weighted by atomic mass is 32.2. The summed E-state index contributed by atoms with van der Waals surface area (Å²) in [5, 5.41) is 12.0. The highest BCUT2D eigenvalue weighted by Gasteiger charge is 2.08. The van der Waals surface area contributed by atoms with E-state index >= 15 is 0 Å². The zero-order chi connectivity index (χ0) is 14.7. The maximum absolute atomic E-state index is 10.8. The third-order valence-corrected chi connectivity index (χ3v) is 2.63. The van der Waals surface area contributed by atoms with Gasteiger partial charge in [-0.2, -0.15) is 13.3 Å². The lowest BCUT2D eigenvalue weighted by Gasteiger charge is -2.11. The molecule has 19 heavy (non-hydrogen) atoms. The van der Waals surface area contributed by atoms with Crippen molar-refractivity contribution in [1.29, 1.82) is 0 Å². The summed E-state index contributed by atoms with van der Waals surface area (Å²) in [6, 6.07) is 0. The number of carbonyl (C=O) groups is 1. The Bertz CT molecular complexity index is 344. The first-order chi connectivity index (χ1) is 8.85. The van der Waals surface area contributed by atoms with Crippen LogP contribution in [0, 0.1) is 0 Å². The Hall–Kier alpha value is -0.780. The number of hydrogen-bond acceptors (Lipinski definition) is 8. The number of nitrogens with one attached hydrogen (secondary N) is 1. The fourth-order valence-electron chi connectivity index (χ4n) is 1.08. The molecule has 1 unspecified atom stereocenters. The topological polar surface area (TPSA) is 131 Å². The summed E-state index contributed by atoms with van der Waals surface area (Å²) in [6.07, 6.45) is -0.708. The monoisotopic (exact) mass is 301 g/mol. The molecule has 0 aromatic rings. The number of aliphatic hydroxyl groups is 1. The van der Waals surface area contributed by atoms with E-state index < -0.39 is 22.2 Å². The molecular weight excluding hydrogens is 282 g/mol. The van der Waals surface area contributed by atoms with Crippen molar-refractivity contribution >= 4 is 16.1 Å². The second kappa shape index (κ2) is 10.1. The molecule has 0 saturated heterocycles. The van der Waals surface area contributed by atoms with E-state index in [9.17, 15) is 18.3 Å². The van der Waals surface area contributed by atoms with Crippen LogP contribution in [0.25, 0.3) is 0 Å². The van der Waals surface area contributed by atoms with Crippen molar-refractivity contribution in [3.63, 3.8) is 0 Å². The van der Waals surface area contributed by atoms with E-state index in [0.717, 1.165) is 0 Å². The van der Waals surface area contributed by atoms with Crippen LogP contribution in [0.3, 0.4) is 0 Å². The normalized spacial score (nSPS) is 13.2. The quantitative estimate of drug-likeness (QED) is 0.177. The highest BCUT2D eigenvalue weighted by Crippen LogP contribution is 1.91. The molecule has 3 N–H and O–H groups in total. The third-order valence-electron chi connectivity index (χ3n) is 1.83. The summed E-state index contributed by atoms with van der Waals surface area (Å²) in [5.41, 5.74) is 0. The van der Waals surface area contributed by atoms with E-state index in [2.05, 4.69) is 15.1 Å². The molecule has 0 amide bonds. The first kappa shape index (κ1) is 18.2. The highest BCUT2D eigenvalue weighted by molar-refractivity contribution is 7.85. The Balaban J connectivity index is 3.44. The second-order valence-corrected chi connectivity index (χ2v) is 5.19. The summed E-state index contributed by atoms with van der Waals surface area (Å²) in [6.45, 7) is 0.0745. The second-order valence-electron chi connectivity index (χ2n) is 3.62. The Morgan fingerprint density at radius 3 is 2.68 bits per heavy atom. The predicted octanol–water partition coefficient (Wildman–Crippen LogP) is -1.66. The van der Waals surface area contributed by atoms with E-state index in [1.807, 2.05) is 0 Å². The lowest BCUT2D eigenvalue weighted by Crippen LogP contribution is -2.34. The van der Waals surface area contributed by atoms with Gasteiger partial charge >= 0.3 is 5.97 Å². The van der Waals surface area contributed by atoms with E-state index in [4.69, 9.17) is 9.29 Å². The minimum atomic E-state index is -3.97. The number of carbonyl (C=O) groups excluding carboxylic acids is 1. The van der Waals surface area contributed by atoms with Crippen molar-refractivity contribution in [2.24, 2.45) is 0 Å². The number of aliphatic hydroxyl groups excluding tert-OH is 1. The lowest BCUT2D eigenvalue weighted by molar-refractivity contribution is -0.253. The van der Waals surface area contributed by atoms with Gasteiger partial charge in [-0.15, -0.1) is 0 Å². The molecule has 0 aliphatic rings. The molecule has 0 fully saturated rings. The summed E-state index contributed by atoms with van der Waals surface area (Å²) >= 11 is 0. The number of ether oxygens (including phenoxy) is 1. The summed E-state index contributed by atoms with van der Waals surface area (Å²) in [7, 11) is -2.77. The van der Waals surface area contributed by atoms with Gasteiger partial charge in [0.05, 0.1) is 32.1 Å². The minimum Gasteiger partial charge on any atom is -0.389 e. The van der Waals surface area contributed by atoms with Gasteiger partial charge in [-0.3, -0.25) is 9.44 Å². The molecule has 0 saturated carbocycles. The zero-order valence-corrected chi connectivity index (χ0v) is 11.4. The van der Waals surface area contributed by atoms with E-state index in [1.54, 1.807) is 0 Å². The van der Waals surface area contributed by atoms with Gasteiger partial charge in [0.1, 0.15) is 0 Å². The molecule has 0 aromatic heterocycles. The van der Waals surface area contributed by atoms with Gasteiger partial charge in [-0.25, -0.2) is 4.79 Å². The van der Waals surface area contributed by atoms with Crippen LogP contribution in [-0.4, -0.2) is 69.3 Å². The van der Waals surface area contributed by atoms with Crippen molar-refractivity contribution in [2.45, 2.75) is 12.5 Å². The summed E-state index contributed by atoms with van der Waals surface area (Å²) in [4.78, 5) is 19.1.